The standard InChI is InChI=1S/C27H24Cl2F4N2O4/c28-17-11-9-16(10-12-17)26(14-34)20(13-15-5-2-1-3-6-15)35(27(31,32)25(38)39-33)23(24(36)37)21(26)18-7-4-8-19(29)22(18)30/h4,7-12,15,20-21,23H,1-3,5-6,13H2,(H,36,37)/t20-,21-,23+,26-/m0/s1. The molecule has 12 heteroatoms. The second kappa shape index (κ2) is 11.3. The summed E-state index contributed by atoms with van der Waals surface area (Å²) < 4.78 is 60.1. The van der Waals surface area contributed by atoms with Gasteiger partial charge in [-0.25, -0.2) is 19.0 Å². The van der Waals surface area contributed by atoms with Crippen LogP contribution in [0.3, 0.4) is 0 Å². The number of rotatable bonds is 7. The van der Waals surface area contributed by atoms with Gasteiger partial charge in [-0.1, -0.05) is 79.6 Å². The summed E-state index contributed by atoms with van der Waals surface area (Å²) in [7, 11) is 0. The van der Waals surface area contributed by atoms with E-state index in [-0.39, 0.29) is 27.8 Å². The molecular formula is C27H24Cl2F4N2O4. The maximum atomic E-state index is 15.8. The lowest BCUT2D eigenvalue weighted by molar-refractivity contribution is -0.245. The molecule has 1 heterocycles. The Morgan fingerprint density at radius 3 is 2.33 bits per heavy atom. The third-order valence-corrected chi connectivity index (χ3v) is 8.51. The van der Waals surface area contributed by atoms with Crippen molar-refractivity contribution in [1.29, 1.82) is 5.26 Å². The Hall–Kier alpha value is -2.87. The summed E-state index contributed by atoms with van der Waals surface area (Å²) in [4.78, 5) is 27.8. The fraction of sp³-hybridized carbons (Fsp3) is 0.444. The number of alkyl halides is 2. The number of hydrogen-bond acceptors (Lipinski definition) is 5. The first-order chi connectivity index (χ1) is 18.5. The number of likely N-dealkylation sites (tertiary alicyclic amines) is 1. The molecule has 4 atom stereocenters. The molecule has 2 aromatic carbocycles. The first kappa shape index (κ1) is 29.1. The summed E-state index contributed by atoms with van der Waals surface area (Å²) in [5.41, 5.74) is -2.49. The molecule has 0 spiro atoms. The van der Waals surface area contributed by atoms with Crippen LogP contribution in [0.1, 0.15) is 55.6 Å². The number of nitrogens with zero attached hydrogens (tertiary/aromatic N) is 2. The van der Waals surface area contributed by atoms with E-state index < -0.39 is 57.8 Å². The van der Waals surface area contributed by atoms with Crippen LogP contribution in [0.15, 0.2) is 42.5 Å². The second-order valence-electron chi connectivity index (χ2n) is 9.96. The largest absolute Gasteiger partial charge is 0.480 e. The fourth-order valence-electron chi connectivity index (χ4n) is 6.33. The van der Waals surface area contributed by atoms with Gasteiger partial charge in [0.1, 0.15) is 17.3 Å². The molecule has 0 unspecified atom stereocenters. The molecule has 2 aliphatic rings. The zero-order valence-electron chi connectivity index (χ0n) is 20.4. The summed E-state index contributed by atoms with van der Waals surface area (Å²) in [5.74, 6) is -7.63. The molecule has 1 aliphatic heterocycles. The van der Waals surface area contributed by atoms with Gasteiger partial charge in [-0.15, -0.1) is 0 Å². The van der Waals surface area contributed by atoms with Gasteiger partial charge in [0.15, 0.2) is 0 Å². The highest BCUT2D eigenvalue weighted by Crippen LogP contribution is 2.58. The van der Waals surface area contributed by atoms with Crippen molar-refractivity contribution in [2.75, 3.05) is 0 Å². The first-order valence-corrected chi connectivity index (χ1v) is 13.1. The Morgan fingerprint density at radius 1 is 1.13 bits per heavy atom. The van der Waals surface area contributed by atoms with Crippen LogP contribution in [-0.4, -0.2) is 40.1 Å². The van der Waals surface area contributed by atoms with Crippen molar-refractivity contribution in [2.45, 2.75) is 68.0 Å². The van der Waals surface area contributed by atoms with Crippen molar-refractivity contribution in [3.8, 4) is 6.07 Å². The molecule has 0 radical (unpaired) electrons. The lowest BCUT2D eigenvalue weighted by Crippen LogP contribution is -2.58. The number of carboxylic acid groups (broad SMARTS) is 1. The van der Waals surface area contributed by atoms with Crippen LogP contribution in [0.2, 0.25) is 10.0 Å². The Balaban J connectivity index is 2.09. The average Bonchev–Trinajstić information content (AvgIpc) is 3.22. The average molecular weight is 587 g/mol. The molecule has 0 amide bonds. The predicted molar refractivity (Wildman–Crippen MR) is 133 cm³/mol. The van der Waals surface area contributed by atoms with Gasteiger partial charge in [-0.05, 0) is 41.7 Å². The van der Waals surface area contributed by atoms with Crippen molar-refractivity contribution in [1.82, 2.24) is 4.90 Å². The number of aliphatic carboxylic acids is 1. The summed E-state index contributed by atoms with van der Waals surface area (Å²) in [6, 6.07) is 2.40. The Kier molecular flexibility index (Phi) is 8.45. The molecule has 4 rings (SSSR count). The van der Waals surface area contributed by atoms with E-state index in [9.17, 15) is 24.5 Å². The van der Waals surface area contributed by atoms with Gasteiger partial charge in [0.25, 0.3) is 0 Å². The van der Waals surface area contributed by atoms with E-state index in [4.69, 9.17) is 23.2 Å². The Labute approximate surface area is 232 Å². The van der Waals surface area contributed by atoms with Gasteiger partial charge in [-0.3, -0.25) is 4.79 Å². The fourth-order valence-corrected chi connectivity index (χ4v) is 6.64. The van der Waals surface area contributed by atoms with Crippen molar-refractivity contribution in [2.24, 2.45) is 5.92 Å². The molecular weight excluding hydrogens is 563 g/mol. The summed E-state index contributed by atoms with van der Waals surface area (Å²) in [5, 5.41) is 21.0. The molecule has 1 N–H and O–H groups in total. The second-order valence-corrected chi connectivity index (χ2v) is 10.8. The molecule has 0 bridgehead atoms. The van der Waals surface area contributed by atoms with Crippen molar-refractivity contribution >= 4 is 35.1 Å². The predicted octanol–water partition coefficient (Wildman–Crippen LogP) is 6.81. The van der Waals surface area contributed by atoms with E-state index in [0.29, 0.717) is 12.8 Å². The molecule has 1 saturated carbocycles. The summed E-state index contributed by atoms with van der Waals surface area (Å²) >= 11 is 12.1. The molecule has 39 heavy (non-hydrogen) atoms. The Bertz CT molecular complexity index is 1280. The van der Waals surface area contributed by atoms with Crippen molar-refractivity contribution < 1.29 is 37.3 Å². The lowest BCUT2D eigenvalue weighted by atomic mass is 9.63. The van der Waals surface area contributed by atoms with Crippen LogP contribution in [0.5, 0.6) is 0 Å². The number of halogens is 6. The van der Waals surface area contributed by atoms with Crippen LogP contribution in [0.25, 0.3) is 0 Å². The monoisotopic (exact) mass is 586 g/mol. The number of carboxylic acids is 1. The van der Waals surface area contributed by atoms with E-state index in [0.717, 1.165) is 25.3 Å². The minimum atomic E-state index is -4.82. The number of carbonyl (C=O) groups excluding carboxylic acids is 1. The summed E-state index contributed by atoms with van der Waals surface area (Å²) in [6.45, 7) is 0. The number of carbonyl (C=O) groups is 2. The van der Waals surface area contributed by atoms with E-state index in [1.807, 2.05) is 0 Å². The zero-order chi connectivity index (χ0) is 28.5. The highest BCUT2D eigenvalue weighted by molar-refractivity contribution is 6.31. The number of hydrogen-bond donors (Lipinski definition) is 1. The minimum absolute atomic E-state index is 0.0225. The number of nitriles is 1. The minimum Gasteiger partial charge on any atom is -0.480 e. The smallest absolute Gasteiger partial charge is 0.434 e. The van der Waals surface area contributed by atoms with Crippen LogP contribution in [0, 0.1) is 23.1 Å². The molecule has 2 fully saturated rings. The van der Waals surface area contributed by atoms with Gasteiger partial charge in [0.05, 0.1) is 11.1 Å². The highest BCUT2D eigenvalue weighted by atomic mass is 35.5. The van der Waals surface area contributed by atoms with Gasteiger partial charge in [-0.2, -0.15) is 14.0 Å². The molecule has 0 aromatic heterocycles. The van der Waals surface area contributed by atoms with Crippen LogP contribution >= 0.6 is 23.2 Å². The highest BCUT2D eigenvalue weighted by Gasteiger charge is 2.71. The SMILES string of the molecule is N#C[C@]1(c2ccc(Cl)cc2)[C@H](CC2CCCCC2)N(C(F)(F)C(=O)OF)[C@@H](C(=O)O)[C@@H]1c1cccc(Cl)c1F. The van der Waals surface area contributed by atoms with Gasteiger partial charge >= 0.3 is 18.0 Å². The third kappa shape index (κ3) is 4.96. The summed E-state index contributed by atoms with van der Waals surface area (Å²) in [6.07, 6.45) is 3.57. The third-order valence-electron chi connectivity index (χ3n) is 7.97. The van der Waals surface area contributed by atoms with Crippen LogP contribution in [0.4, 0.5) is 17.7 Å². The van der Waals surface area contributed by atoms with Crippen molar-refractivity contribution in [3.05, 3.63) is 69.5 Å². The molecule has 2 aromatic rings. The van der Waals surface area contributed by atoms with E-state index >= 15 is 13.2 Å². The first-order valence-electron chi connectivity index (χ1n) is 12.3. The van der Waals surface area contributed by atoms with E-state index in [1.165, 1.54) is 36.4 Å². The quantitative estimate of drug-likeness (QED) is 0.283. The number of benzene rings is 2. The topological polar surface area (TPSA) is 90.6 Å². The normalized spacial score (nSPS) is 26.2. The maximum absolute atomic E-state index is 15.8. The van der Waals surface area contributed by atoms with Gasteiger partial charge in [0, 0.05) is 21.5 Å². The zero-order valence-corrected chi connectivity index (χ0v) is 21.9. The van der Waals surface area contributed by atoms with Crippen LogP contribution in [-0.2, 0) is 19.9 Å². The van der Waals surface area contributed by atoms with E-state index in [2.05, 4.69) is 11.0 Å². The molecule has 1 saturated heterocycles. The van der Waals surface area contributed by atoms with Gasteiger partial charge < -0.3 is 5.11 Å². The molecule has 208 valence electrons. The van der Waals surface area contributed by atoms with E-state index in [1.54, 1.807) is 0 Å². The molecule has 1 aliphatic carbocycles. The van der Waals surface area contributed by atoms with Gasteiger partial charge in [0.2, 0.25) is 0 Å². The van der Waals surface area contributed by atoms with Crippen molar-refractivity contribution in [3.63, 3.8) is 0 Å². The Morgan fingerprint density at radius 2 is 1.77 bits per heavy atom. The molecule has 6 nitrogen and oxygen atoms in total. The maximum Gasteiger partial charge on any atom is 0.434 e. The lowest BCUT2D eigenvalue weighted by Gasteiger charge is -2.39. The van der Waals surface area contributed by atoms with Crippen LogP contribution < -0.4 is 0 Å².